The molecule has 0 rings (SSSR count). The minimum atomic E-state index is -0.299. The van der Waals surface area contributed by atoms with Crippen LogP contribution in [0.2, 0.25) is 0 Å². The number of hydrogen-bond acceptors (Lipinski definition) is 2. The van der Waals surface area contributed by atoms with Crippen molar-refractivity contribution in [1.82, 2.24) is 0 Å². The maximum Gasteiger partial charge on any atom is 0.337 e. The molecule has 0 spiro atoms. The van der Waals surface area contributed by atoms with Crippen LogP contribution >= 0.6 is 0 Å². The molecule has 3 nitrogen and oxygen atoms in total. The van der Waals surface area contributed by atoms with E-state index >= 15 is 0 Å². The fraction of sp³-hybridized carbons (Fsp3) is 0.800. The van der Waals surface area contributed by atoms with Gasteiger partial charge in [-0.3, -0.25) is 4.48 Å². The Balaban J connectivity index is 0. The van der Waals surface area contributed by atoms with Gasteiger partial charge in [0, 0.05) is 12.5 Å². The van der Waals surface area contributed by atoms with Crippen molar-refractivity contribution in [2.24, 2.45) is 0 Å². The van der Waals surface area contributed by atoms with E-state index < -0.39 is 0 Å². The van der Waals surface area contributed by atoms with E-state index in [-0.39, 0.29) is 24.6 Å². The second-order valence-corrected chi connectivity index (χ2v) is 5.96. The monoisotopic (exact) mass is 291 g/mol. The Hall–Kier alpha value is -0.540. The molecule has 0 fully saturated rings. The van der Waals surface area contributed by atoms with Crippen molar-refractivity contribution < 1.29 is 26.4 Å². The van der Waals surface area contributed by atoms with E-state index in [4.69, 9.17) is 4.74 Å². The minimum Gasteiger partial charge on any atom is -1.00 e. The van der Waals surface area contributed by atoms with E-state index in [0.29, 0.717) is 23.7 Å². The van der Waals surface area contributed by atoms with Gasteiger partial charge in [0.15, 0.2) is 0 Å². The highest BCUT2D eigenvalue weighted by Crippen LogP contribution is 2.29. The Labute approximate surface area is 125 Å². The van der Waals surface area contributed by atoms with Crippen LogP contribution in [-0.4, -0.2) is 34.8 Å². The molecule has 1 unspecified atom stereocenters. The third-order valence-electron chi connectivity index (χ3n) is 3.94. The van der Waals surface area contributed by atoms with Gasteiger partial charge in [0.25, 0.3) is 0 Å². The van der Waals surface area contributed by atoms with Crippen molar-refractivity contribution in [3.8, 4) is 0 Å². The predicted molar refractivity (Wildman–Crippen MR) is 76.0 cm³/mol. The zero-order valence-electron chi connectivity index (χ0n) is 13.7. The van der Waals surface area contributed by atoms with Gasteiger partial charge in [0.2, 0.25) is 6.23 Å². The van der Waals surface area contributed by atoms with Crippen LogP contribution in [0.1, 0.15) is 55.4 Å². The fourth-order valence-corrected chi connectivity index (χ4v) is 3.40. The number of halogens is 1. The van der Waals surface area contributed by atoms with Gasteiger partial charge >= 0.3 is 5.97 Å². The summed E-state index contributed by atoms with van der Waals surface area (Å²) in [5.74, 6) is -0.299. The molecule has 4 heteroatoms. The number of hydrogen-bond donors (Lipinski definition) is 0. The second-order valence-electron chi connectivity index (χ2n) is 5.96. The zero-order valence-corrected chi connectivity index (χ0v) is 14.4. The van der Waals surface area contributed by atoms with Gasteiger partial charge in [-0.2, -0.15) is 0 Å². The largest absolute Gasteiger partial charge is 1.00 e. The second kappa shape index (κ2) is 7.91. The summed E-state index contributed by atoms with van der Waals surface area (Å²) in [5.41, 5.74) is 0.455. The highest BCUT2D eigenvalue weighted by Gasteiger charge is 2.44. The van der Waals surface area contributed by atoms with E-state index in [0.717, 1.165) is 4.48 Å². The molecule has 0 aromatic rings. The number of quaternary nitrogens is 1. The minimum absolute atomic E-state index is 0. The van der Waals surface area contributed by atoms with Gasteiger partial charge < -0.3 is 17.1 Å². The lowest BCUT2D eigenvalue weighted by Gasteiger charge is -2.52. The first kappa shape index (κ1) is 20.8. The molecular weight excluding hydrogens is 262 g/mol. The molecule has 1 atom stereocenters. The van der Waals surface area contributed by atoms with Crippen LogP contribution in [0.3, 0.4) is 0 Å². The van der Waals surface area contributed by atoms with Crippen LogP contribution in [0.25, 0.3) is 0 Å². The summed E-state index contributed by atoms with van der Waals surface area (Å²) in [7, 11) is 0. The van der Waals surface area contributed by atoms with Crippen LogP contribution in [0.15, 0.2) is 12.2 Å². The molecule has 0 aliphatic rings. The zero-order chi connectivity index (χ0) is 14.7. The lowest BCUT2D eigenvalue weighted by molar-refractivity contribution is -1.02. The Morgan fingerprint density at radius 3 is 1.47 bits per heavy atom. The van der Waals surface area contributed by atoms with Crippen molar-refractivity contribution in [3.63, 3.8) is 0 Å². The smallest absolute Gasteiger partial charge is 0.337 e. The van der Waals surface area contributed by atoms with Crippen molar-refractivity contribution in [3.05, 3.63) is 12.2 Å². The average molecular weight is 292 g/mol. The molecule has 0 heterocycles. The normalized spacial score (nSPS) is 13.4. The molecule has 0 saturated carbocycles. The first-order valence-corrected chi connectivity index (χ1v) is 6.82. The molecule has 0 N–H and O–H groups in total. The fourth-order valence-electron chi connectivity index (χ4n) is 3.40. The van der Waals surface area contributed by atoms with Gasteiger partial charge in [-0.1, -0.05) is 6.58 Å². The summed E-state index contributed by atoms with van der Waals surface area (Å²) in [6.07, 6.45) is -0.172. The summed E-state index contributed by atoms with van der Waals surface area (Å²) in [5, 5.41) is 0. The van der Waals surface area contributed by atoms with Crippen LogP contribution in [0.5, 0.6) is 0 Å². The molecule has 0 aliphatic heterocycles. The third-order valence-corrected chi connectivity index (χ3v) is 3.94. The quantitative estimate of drug-likeness (QED) is 0.308. The van der Waals surface area contributed by atoms with Crippen LogP contribution in [-0.2, 0) is 9.53 Å². The van der Waals surface area contributed by atoms with Gasteiger partial charge in [-0.25, -0.2) is 4.79 Å². The molecule has 114 valence electrons. The standard InChI is InChI=1S/C15H30NO2.ClH/c1-10(2)15(17)18-14(9)16(11(3)4,12(5)6)13(7)8;/h11-14H,1H2,2-9H3;1H/q+1;/p-1. The topological polar surface area (TPSA) is 26.3 Å². The summed E-state index contributed by atoms with van der Waals surface area (Å²) >= 11 is 0. The van der Waals surface area contributed by atoms with Gasteiger partial charge in [-0.15, -0.1) is 0 Å². The highest BCUT2D eigenvalue weighted by atomic mass is 35.5. The molecule has 0 amide bonds. The first-order chi connectivity index (χ1) is 8.08. The van der Waals surface area contributed by atoms with Crippen LogP contribution in [0, 0.1) is 0 Å². The molecular formula is C15H30ClNO2. The number of esters is 1. The summed E-state index contributed by atoms with van der Waals surface area (Å²) in [4.78, 5) is 11.7. The molecule has 0 aromatic heterocycles. The van der Waals surface area contributed by atoms with Crippen LogP contribution < -0.4 is 12.4 Å². The van der Waals surface area contributed by atoms with E-state index in [1.54, 1.807) is 6.92 Å². The number of carbonyl (C=O) groups is 1. The molecule has 19 heavy (non-hydrogen) atoms. The number of nitrogens with zero attached hydrogens (tertiary/aromatic N) is 1. The van der Waals surface area contributed by atoms with Crippen LogP contribution in [0.4, 0.5) is 0 Å². The van der Waals surface area contributed by atoms with E-state index in [2.05, 4.69) is 48.1 Å². The number of ether oxygens (including phenoxy) is 1. The van der Waals surface area contributed by atoms with Crippen molar-refractivity contribution >= 4 is 5.97 Å². The van der Waals surface area contributed by atoms with Gasteiger partial charge in [0.05, 0.1) is 18.1 Å². The van der Waals surface area contributed by atoms with Crippen molar-refractivity contribution in [2.75, 3.05) is 0 Å². The SMILES string of the molecule is C=C(C)C(=O)OC(C)[N+](C(C)C)(C(C)C)C(C)C.[Cl-]. The van der Waals surface area contributed by atoms with Gasteiger partial charge in [0.1, 0.15) is 0 Å². The van der Waals surface area contributed by atoms with Crippen molar-refractivity contribution in [2.45, 2.75) is 79.7 Å². The lowest BCUT2D eigenvalue weighted by atomic mass is 10.0. The van der Waals surface area contributed by atoms with E-state index in [9.17, 15) is 4.79 Å². The average Bonchev–Trinajstić information content (AvgIpc) is 2.15. The van der Waals surface area contributed by atoms with E-state index in [1.165, 1.54) is 0 Å². The maximum absolute atomic E-state index is 11.7. The molecule has 0 aromatic carbocycles. The Kier molecular flexibility index (Phi) is 8.64. The van der Waals surface area contributed by atoms with E-state index in [1.807, 2.05) is 6.92 Å². The third kappa shape index (κ3) is 4.22. The summed E-state index contributed by atoms with van der Waals surface area (Å²) in [6.45, 7) is 20.4. The Morgan fingerprint density at radius 1 is 0.947 bits per heavy atom. The summed E-state index contributed by atoms with van der Waals surface area (Å²) < 4.78 is 6.36. The maximum atomic E-state index is 11.7. The van der Waals surface area contributed by atoms with Crippen molar-refractivity contribution in [1.29, 1.82) is 0 Å². The molecule has 0 radical (unpaired) electrons. The first-order valence-electron chi connectivity index (χ1n) is 6.82. The molecule has 0 aliphatic carbocycles. The molecule has 0 saturated heterocycles. The number of carbonyl (C=O) groups excluding carboxylic acids is 1. The predicted octanol–water partition coefficient (Wildman–Crippen LogP) is 0.498. The van der Waals surface area contributed by atoms with Gasteiger partial charge in [-0.05, 0) is 48.5 Å². The molecule has 0 bridgehead atoms. The lowest BCUT2D eigenvalue weighted by Crippen LogP contribution is -3.00. The number of rotatable bonds is 6. The Bertz CT molecular complexity index is 289. The highest BCUT2D eigenvalue weighted by molar-refractivity contribution is 5.86. The summed E-state index contributed by atoms with van der Waals surface area (Å²) in [6, 6.07) is 1.16. The Morgan fingerprint density at radius 2 is 1.26 bits per heavy atom.